The Bertz CT molecular complexity index is 1530. The number of carboxylic acid groups (broad SMARTS) is 1. The molecule has 2 fully saturated rings. The number of carbonyl (C=O) groups excluding carboxylic acids is 2. The minimum atomic E-state index is -3.64. The molecule has 37 heavy (non-hydrogen) atoms. The van der Waals surface area contributed by atoms with Gasteiger partial charge in [-0.1, -0.05) is 54.3 Å². The number of aromatic nitrogens is 2. The molecule has 9 nitrogen and oxygen atoms in total. The highest BCUT2D eigenvalue weighted by atomic mass is 32.2. The molecule has 5 rings (SSSR count). The predicted octanol–water partition coefficient (Wildman–Crippen LogP) is 2.27. The van der Waals surface area contributed by atoms with Crippen LogP contribution in [0.3, 0.4) is 0 Å². The van der Waals surface area contributed by atoms with Crippen molar-refractivity contribution in [3.05, 3.63) is 71.3 Å². The molecule has 0 bridgehead atoms. The zero-order valence-electron chi connectivity index (χ0n) is 19.4. The van der Waals surface area contributed by atoms with E-state index in [0.29, 0.717) is 29.9 Å². The lowest BCUT2D eigenvalue weighted by Crippen LogP contribution is -2.40. The van der Waals surface area contributed by atoms with E-state index in [-0.39, 0.29) is 14.1 Å². The number of sulfonamides is 1. The maximum absolute atomic E-state index is 13.2. The van der Waals surface area contributed by atoms with Crippen LogP contribution in [0.5, 0.6) is 0 Å². The molecule has 1 aromatic heterocycles. The summed E-state index contributed by atoms with van der Waals surface area (Å²) < 4.78 is 29.6. The molecule has 0 N–H and O–H groups in total. The van der Waals surface area contributed by atoms with Gasteiger partial charge in [0.2, 0.25) is 10.0 Å². The zero-order chi connectivity index (χ0) is 26.2. The topological polar surface area (TPSA) is 116 Å². The Labute approximate surface area is 223 Å². The Balaban J connectivity index is 1.59. The van der Waals surface area contributed by atoms with Gasteiger partial charge in [-0.2, -0.15) is 9.40 Å². The van der Waals surface area contributed by atoms with Crippen LogP contribution in [-0.4, -0.2) is 63.2 Å². The van der Waals surface area contributed by atoms with Crippen molar-refractivity contribution in [2.45, 2.75) is 17.7 Å². The Kier molecular flexibility index (Phi) is 6.99. The number of amides is 1. The van der Waals surface area contributed by atoms with E-state index < -0.39 is 28.4 Å². The predicted molar refractivity (Wildman–Crippen MR) is 142 cm³/mol. The minimum Gasteiger partial charge on any atom is -0.548 e. The third-order valence-electron chi connectivity index (χ3n) is 6.02. The van der Waals surface area contributed by atoms with E-state index in [1.54, 1.807) is 41.2 Å². The van der Waals surface area contributed by atoms with Crippen molar-refractivity contribution in [2.75, 3.05) is 19.6 Å². The average molecular weight is 554 g/mol. The molecule has 0 spiro atoms. The fourth-order valence-corrected chi connectivity index (χ4v) is 7.03. The van der Waals surface area contributed by atoms with Gasteiger partial charge in [0, 0.05) is 30.4 Å². The summed E-state index contributed by atoms with van der Waals surface area (Å²) in [6, 6.07) is 15.9. The van der Waals surface area contributed by atoms with Crippen LogP contribution in [0, 0.1) is 0 Å². The second-order valence-electron chi connectivity index (χ2n) is 8.49. The molecule has 2 saturated heterocycles. The monoisotopic (exact) mass is 553 g/mol. The molecule has 2 aliphatic heterocycles. The number of thiocarbonyl (C=S) groups is 1. The van der Waals surface area contributed by atoms with Crippen molar-refractivity contribution in [1.29, 1.82) is 0 Å². The molecule has 1 amide bonds. The Morgan fingerprint density at radius 3 is 2.54 bits per heavy atom. The lowest BCUT2D eigenvalue weighted by molar-refractivity contribution is -0.305. The van der Waals surface area contributed by atoms with Gasteiger partial charge in [0.05, 0.1) is 28.0 Å². The molecule has 2 aliphatic rings. The summed E-state index contributed by atoms with van der Waals surface area (Å²) in [6.07, 6.45) is 5.00. The van der Waals surface area contributed by atoms with Gasteiger partial charge < -0.3 is 9.90 Å². The third-order valence-corrected chi connectivity index (χ3v) is 9.29. The van der Waals surface area contributed by atoms with Crippen LogP contribution in [0.25, 0.3) is 23.0 Å². The Hall–Kier alpha value is -3.32. The first kappa shape index (κ1) is 25.3. The highest BCUT2D eigenvalue weighted by molar-refractivity contribution is 8.26. The van der Waals surface area contributed by atoms with Gasteiger partial charge in [-0.25, -0.2) is 13.1 Å². The summed E-state index contributed by atoms with van der Waals surface area (Å²) in [6.45, 7) is 0.358. The number of para-hydroxylation sites is 1. The number of hydrogen-bond donors (Lipinski definition) is 0. The molecule has 0 aliphatic carbocycles. The Morgan fingerprint density at radius 2 is 1.84 bits per heavy atom. The van der Waals surface area contributed by atoms with E-state index in [1.165, 1.54) is 4.31 Å². The summed E-state index contributed by atoms with van der Waals surface area (Å²) >= 11 is 6.18. The fraction of sp³-hybridized carbons (Fsp3) is 0.200. The van der Waals surface area contributed by atoms with Crippen LogP contribution in [0.1, 0.15) is 18.4 Å². The van der Waals surface area contributed by atoms with Crippen molar-refractivity contribution in [1.82, 2.24) is 19.0 Å². The first-order valence-corrected chi connectivity index (χ1v) is 14.1. The van der Waals surface area contributed by atoms with Crippen molar-refractivity contribution in [3.63, 3.8) is 0 Å². The third kappa shape index (κ3) is 5.10. The molecular weight excluding hydrogens is 532 g/mol. The largest absolute Gasteiger partial charge is 0.548 e. The highest BCUT2D eigenvalue weighted by Gasteiger charge is 2.33. The molecule has 3 aromatic rings. The van der Waals surface area contributed by atoms with Gasteiger partial charge >= 0.3 is 0 Å². The number of thioether (sulfide) groups is 1. The van der Waals surface area contributed by atoms with Crippen LogP contribution in [-0.2, 0) is 19.6 Å². The summed E-state index contributed by atoms with van der Waals surface area (Å²) in [4.78, 5) is 25.3. The quantitative estimate of drug-likeness (QED) is 0.323. The molecule has 190 valence electrons. The average Bonchev–Trinajstić information content (AvgIpc) is 3.63. The maximum Gasteiger partial charge on any atom is 0.266 e. The normalized spacial score (nSPS) is 17.7. The van der Waals surface area contributed by atoms with Crippen LogP contribution < -0.4 is 5.11 Å². The summed E-state index contributed by atoms with van der Waals surface area (Å²) in [5, 5.41) is 15.8. The van der Waals surface area contributed by atoms with E-state index in [1.807, 2.05) is 30.3 Å². The van der Waals surface area contributed by atoms with E-state index in [2.05, 4.69) is 0 Å². The molecular formula is C25H21N4O5S3-. The molecule has 0 unspecified atom stereocenters. The molecule has 0 radical (unpaired) electrons. The number of nitrogens with zero attached hydrogens (tertiary/aromatic N) is 4. The van der Waals surface area contributed by atoms with Crippen molar-refractivity contribution < 1.29 is 23.1 Å². The smallest absolute Gasteiger partial charge is 0.266 e. The van der Waals surface area contributed by atoms with Gasteiger partial charge in [-0.15, -0.1) is 0 Å². The van der Waals surface area contributed by atoms with Crippen LogP contribution in [0.15, 0.2) is 70.6 Å². The zero-order valence-corrected chi connectivity index (χ0v) is 21.9. The first-order valence-electron chi connectivity index (χ1n) is 11.4. The van der Waals surface area contributed by atoms with Crippen molar-refractivity contribution >= 4 is 56.3 Å². The fourth-order valence-electron chi connectivity index (χ4n) is 4.22. The second-order valence-corrected chi connectivity index (χ2v) is 12.1. The lowest BCUT2D eigenvalue weighted by atomic mass is 10.1. The van der Waals surface area contributed by atoms with E-state index in [4.69, 9.17) is 17.3 Å². The molecule has 0 atom stereocenters. The molecule has 0 saturated carbocycles. The van der Waals surface area contributed by atoms with E-state index in [0.717, 1.165) is 35.2 Å². The summed E-state index contributed by atoms with van der Waals surface area (Å²) in [7, 11) is -3.64. The van der Waals surface area contributed by atoms with Crippen molar-refractivity contribution in [2.24, 2.45) is 0 Å². The number of benzene rings is 2. The van der Waals surface area contributed by atoms with Crippen LogP contribution >= 0.6 is 24.0 Å². The molecule has 12 heteroatoms. The number of hydrogen-bond acceptors (Lipinski definition) is 8. The standard InChI is InChI=1S/C25H22N4O5S3/c30-22(31)16-28-24(32)21(36-25(28)35)14-18-15-29(19-8-2-1-3-9-19)26-23(18)17-7-6-10-20(13-17)37(33,34)27-11-4-5-12-27/h1-3,6-10,13-15H,4-5,11-12,16H2,(H,30,31)/p-1/b21-14+. The van der Waals surface area contributed by atoms with Gasteiger partial charge in [0.15, 0.2) is 0 Å². The van der Waals surface area contributed by atoms with E-state index in [9.17, 15) is 23.1 Å². The van der Waals surface area contributed by atoms with E-state index >= 15 is 0 Å². The van der Waals surface area contributed by atoms with Gasteiger partial charge in [-0.05, 0) is 43.2 Å². The summed E-state index contributed by atoms with van der Waals surface area (Å²) in [5.41, 5.74) is 2.35. The number of carboxylic acids is 1. The number of rotatable bonds is 7. The van der Waals surface area contributed by atoms with Gasteiger partial charge in [0.1, 0.15) is 10.0 Å². The van der Waals surface area contributed by atoms with Crippen LogP contribution in [0.2, 0.25) is 0 Å². The Morgan fingerprint density at radius 1 is 1.11 bits per heavy atom. The van der Waals surface area contributed by atoms with Crippen LogP contribution in [0.4, 0.5) is 0 Å². The first-order chi connectivity index (χ1) is 17.7. The number of aliphatic carboxylic acids is 1. The minimum absolute atomic E-state index is 0.121. The molecule has 3 heterocycles. The summed E-state index contributed by atoms with van der Waals surface area (Å²) in [5.74, 6) is -1.95. The highest BCUT2D eigenvalue weighted by Crippen LogP contribution is 2.35. The second kappa shape index (κ2) is 10.2. The van der Waals surface area contributed by atoms with Crippen molar-refractivity contribution in [3.8, 4) is 16.9 Å². The molecule has 2 aromatic carbocycles. The van der Waals surface area contributed by atoms with Gasteiger partial charge in [0.25, 0.3) is 5.91 Å². The van der Waals surface area contributed by atoms with Gasteiger partial charge in [-0.3, -0.25) is 9.69 Å². The number of carbonyl (C=O) groups is 2. The SMILES string of the molecule is O=C([O-])CN1C(=O)/C(=C\c2cn(-c3ccccc3)nc2-c2cccc(S(=O)(=O)N3CCCC3)c2)SC1=S. The maximum atomic E-state index is 13.2. The lowest BCUT2D eigenvalue weighted by Gasteiger charge is -2.16.